The fourth-order valence-electron chi connectivity index (χ4n) is 2.73. The molecule has 1 heterocycles. The molecule has 0 bridgehead atoms. The zero-order valence-corrected chi connectivity index (χ0v) is 17.0. The number of aromatic nitrogens is 2. The average Bonchev–Trinajstić information content (AvgIpc) is 2.75. The van der Waals surface area contributed by atoms with E-state index < -0.39 is 0 Å². The molecule has 3 N–H and O–H groups in total. The van der Waals surface area contributed by atoms with Gasteiger partial charge in [-0.05, 0) is 24.3 Å². The van der Waals surface area contributed by atoms with Gasteiger partial charge < -0.3 is 30.0 Å². The van der Waals surface area contributed by atoms with Gasteiger partial charge in [0.1, 0.15) is 19.0 Å². The molecule has 8 heteroatoms. The van der Waals surface area contributed by atoms with Gasteiger partial charge in [0.15, 0.2) is 11.5 Å². The normalized spacial score (nSPS) is 10.6. The van der Waals surface area contributed by atoms with E-state index in [4.69, 9.17) is 31.1 Å². The molecule has 0 atom stereocenters. The molecule has 0 fully saturated rings. The molecule has 0 aliphatic heterocycles. The first kappa shape index (κ1) is 21.2. The first-order valence-electron chi connectivity index (χ1n) is 9.33. The van der Waals surface area contributed by atoms with Gasteiger partial charge in [-0.15, -0.1) is 6.42 Å². The van der Waals surface area contributed by atoms with Gasteiger partial charge in [0.05, 0.1) is 18.7 Å². The van der Waals surface area contributed by atoms with Crippen molar-refractivity contribution >= 4 is 28.4 Å². The highest BCUT2D eigenvalue weighted by atomic mass is 16.5. The molecule has 8 nitrogen and oxygen atoms in total. The van der Waals surface area contributed by atoms with E-state index >= 15 is 0 Å². The number of hydrogen-bond donors (Lipinski definition) is 2. The standard InChI is InChI=1S/C22H24N4O4/c1-4-15-6-5-7-16(12-15)24-22-25-18-14-20(30-11-9-28-3)19(29-10-8-27-2)13-17(18)21(23)26-22/h1,5-7,12-14H,8-11H2,2-3H3,(H3,23,24,25,26). The lowest BCUT2D eigenvalue weighted by molar-refractivity contribution is 0.132. The summed E-state index contributed by atoms with van der Waals surface area (Å²) in [5, 5.41) is 3.79. The van der Waals surface area contributed by atoms with Crippen LogP contribution in [-0.2, 0) is 9.47 Å². The van der Waals surface area contributed by atoms with Gasteiger partial charge in [0, 0.05) is 36.9 Å². The molecule has 0 aliphatic carbocycles. The number of nitrogen functional groups attached to an aromatic ring is 1. The second-order valence-corrected chi connectivity index (χ2v) is 6.28. The second kappa shape index (κ2) is 10.3. The van der Waals surface area contributed by atoms with Gasteiger partial charge in [-0.25, -0.2) is 4.98 Å². The molecule has 2 aromatic carbocycles. The Morgan fingerprint density at radius 3 is 2.33 bits per heavy atom. The van der Waals surface area contributed by atoms with Crippen LogP contribution in [0.25, 0.3) is 10.9 Å². The molecule has 1 aromatic heterocycles. The number of hydrogen-bond acceptors (Lipinski definition) is 8. The van der Waals surface area contributed by atoms with Gasteiger partial charge in [-0.3, -0.25) is 0 Å². The molecule has 0 unspecified atom stereocenters. The van der Waals surface area contributed by atoms with E-state index in [-0.39, 0.29) is 0 Å². The van der Waals surface area contributed by atoms with E-state index in [1.165, 1.54) is 0 Å². The zero-order valence-electron chi connectivity index (χ0n) is 17.0. The topological polar surface area (TPSA) is 101 Å². The Balaban J connectivity index is 1.94. The number of anilines is 3. The third-order valence-corrected chi connectivity index (χ3v) is 4.17. The fraction of sp³-hybridized carbons (Fsp3) is 0.273. The predicted molar refractivity (Wildman–Crippen MR) is 116 cm³/mol. The van der Waals surface area contributed by atoms with Crippen LogP contribution in [0.2, 0.25) is 0 Å². The number of nitrogens with one attached hydrogen (secondary N) is 1. The molecular weight excluding hydrogens is 384 g/mol. The van der Waals surface area contributed by atoms with E-state index in [1.54, 1.807) is 26.4 Å². The fourth-order valence-corrected chi connectivity index (χ4v) is 2.73. The number of benzene rings is 2. The van der Waals surface area contributed by atoms with E-state index in [1.807, 2.05) is 24.3 Å². The molecule has 0 radical (unpaired) electrons. The largest absolute Gasteiger partial charge is 0.487 e. The molecule has 0 spiro atoms. The predicted octanol–water partition coefficient (Wildman–Crippen LogP) is 2.99. The first-order chi connectivity index (χ1) is 14.6. The monoisotopic (exact) mass is 408 g/mol. The molecule has 3 aromatic rings. The lowest BCUT2D eigenvalue weighted by Crippen LogP contribution is -2.09. The van der Waals surface area contributed by atoms with E-state index in [2.05, 4.69) is 21.2 Å². The van der Waals surface area contributed by atoms with Gasteiger partial charge in [-0.2, -0.15) is 4.98 Å². The lowest BCUT2D eigenvalue weighted by Gasteiger charge is -2.15. The van der Waals surface area contributed by atoms with Crippen LogP contribution in [0, 0.1) is 12.3 Å². The molecule has 30 heavy (non-hydrogen) atoms. The highest BCUT2D eigenvalue weighted by Crippen LogP contribution is 2.34. The number of methoxy groups -OCH3 is 2. The summed E-state index contributed by atoms with van der Waals surface area (Å²) in [6, 6.07) is 10.9. The number of ether oxygens (including phenoxy) is 4. The van der Waals surface area contributed by atoms with Crippen molar-refractivity contribution in [3.63, 3.8) is 0 Å². The molecule has 156 valence electrons. The van der Waals surface area contributed by atoms with Crippen LogP contribution in [-0.4, -0.2) is 50.6 Å². The van der Waals surface area contributed by atoms with Crippen LogP contribution in [0.15, 0.2) is 36.4 Å². The Hall–Kier alpha value is -3.54. The maximum atomic E-state index is 6.20. The Kier molecular flexibility index (Phi) is 7.27. The summed E-state index contributed by atoms with van der Waals surface area (Å²) in [5.41, 5.74) is 8.33. The van der Waals surface area contributed by atoms with Gasteiger partial charge in [0.25, 0.3) is 0 Å². The van der Waals surface area contributed by atoms with Crippen molar-refractivity contribution in [1.82, 2.24) is 9.97 Å². The Morgan fingerprint density at radius 2 is 1.67 bits per heavy atom. The Bertz CT molecular complexity index is 1050. The maximum absolute atomic E-state index is 6.20. The smallest absolute Gasteiger partial charge is 0.229 e. The van der Waals surface area contributed by atoms with Crippen LogP contribution in [0.4, 0.5) is 17.5 Å². The third kappa shape index (κ3) is 5.29. The number of nitrogens with zero attached hydrogens (tertiary/aromatic N) is 2. The van der Waals surface area contributed by atoms with Crippen LogP contribution in [0.3, 0.4) is 0 Å². The van der Waals surface area contributed by atoms with Crippen molar-refractivity contribution < 1.29 is 18.9 Å². The number of rotatable bonds is 10. The summed E-state index contributed by atoms with van der Waals surface area (Å²) in [4.78, 5) is 8.93. The van der Waals surface area contributed by atoms with Gasteiger partial charge >= 0.3 is 0 Å². The highest BCUT2D eigenvalue weighted by molar-refractivity contribution is 5.92. The second-order valence-electron chi connectivity index (χ2n) is 6.28. The third-order valence-electron chi connectivity index (χ3n) is 4.17. The number of nitrogens with two attached hydrogens (primary N) is 1. The molecule has 0 aliphatic rings. The SMILES string of the molecule is C#Cc1cccc(Nc2nc(N)c3cc(OCCOC)c(OCCOC)cc3n2)c1. The summed E-state index contributed by atoms with van der Waals surface area (Å²) in [5.74, 6) is 4.34. The van der Waals surface area contributed by atoms with Crippen LogP contribution in [0.5, 0.6) is 11.5 Å². The van der Waals surface area contributed by atoms with Crippen molar-refractivity contribution in [3.8, 4) is 23.8 Å². The van der Waals surface area contributed by atoms with E-state index in [0.717, 1.165) is 11.3 Å². The molecule has 3 rings (SSSR count). The van der Waals surface area contributed by atoms with Crippen molar-refractivity contribution in [1.29, 1.82) is 0 Å². The summed E-state index contributed by atoms with van der Waals surface area (Å²) >= 11 is 0. The highest BCUT2D eigenvalue weighted by Gasteiger charge is 2.13. The minimum atomic E-state index is 0.315. The zero-order chi connectivity index (χ0) is 21.3. The molecule has 0 amide bonds. The summed E-state index contributed by atoms with van der Waals surface area (Å²) in [7, 11) is 3.22. The minimum Gasteiger partial charge on any atom is -0.487 e. The lowest BCUT2D eigenvalue weighted by atomic mass is 10.2. The first-order valence-corrected chi connectivity index (χ1v) is 9.33. The van der Waals surface area contributed by atoms with Crippen molar-refractivity contribution in [2.24, 2.45) is 0 Å². The van der Waals surface area contributed by atoms with Crippen molar-refractivity contribution in [3.05, 3.63) is 42.0 Å². The summed E-state index contributed by atoms with van der Waals surface area (Å²) in [6.45, 7) is 1.63. The van der Waals surface area contributed by atoms with Gasteiger partial charge in [0.2, 0.25) is 5.95 Å². The maximum Gasteiger partial charge on any atom is 0.229 e. The quantitative estimate of drug-likeness (QED) is 0.390. The van der Waals surface area contributed by atoms with Crippen LogP contribution < -0.4 is 20.5 Å². The summed E-state index contributed by atoms with van der Waals surface area (Å²) < 4.78 is 21.7. The summed E-state index contributed by atoms with van der Waals surface area (Å²) in [6.07, 6.45) is 5.46. The molecular formula is C22H24N4O4. The van der Waals surface area contributed by atoms with Crippen LogP contribution in [0.1, 0.15) is 5.56 Å². The van der Waals surface area contributed by atoms with Crippen molar-refractivity contribution in [2.75, 3.05) is 51.7 Å². The number of terminal acetylenes is 1. The molecule has 0 saturated heterocycles. The average molecular weight is 408 g/mol. The van der Waals surface area contributed by atoms with E-state index in [0.29, 0.717) is 60.6 Å². The van der Waals surface area contributed by atoms with Crippen molar-refractivity contribution in [2.45, 2.75) is 0 Å². The van der Waals surface area contributed by atoms with E-state index in [9.17, 15) is 0 Å². The van der Waals surface area contributed by atoms with Crippen LogP contribution >= 0.6 is 0 Å². The Labute approximate surface area is 175 Å². The Morgan fingerprint density at radius 1 is 0.967 bits per heavy atom. The molecule has 0 saturated carbocycles. The number of fused-ring (bicyclic) bond motifs is 1. The minimum absolute atomic E-state index is 0.315. The van der Waals surface area contributed by atoms with Gasteiger partial charge in [-0.1, -0.05) is 12.0 Å².